The minimum absolute atomic E-state index is 0.0356. The van der Waals surface area contributed by atoms with Crippen molar-refractivity contribution < 1.29 is 23.9 Å². The number of nitrogens with zero attached hydrogens (tertiary/aromatic N) is 2. The zero-order chi connectivity index (χ0) is 22.0. The summed E-state index contributed by atoms with van der Waals surface area (Å²) in [6, 6.07) is 8.90. The Labute approximate surface area is 184 Å². The fourth-order valence-electron chi connectivity index (χ4n) is 4.34. The van der Waals surface area contributed by atoms with Crippen LogP contribution in [0.5, 0.6) is 0 Å². The maximum Gasteiger partial charge on any atom is 0.338 e. The van der Waals surface area contributed by atoms with Gasteiger partial charge in [0.25, 0.3) is 11.8 Å². The second-order valence-corrected chi connectivity index (χ2v) is 8.63. The van der Waals surface area contributed by atoms with Crippen LogP contribution in [0.4, 0.5) is 5.69 Å². The molecule has 2 fully saturated rings. The highest BCUT2D eigenvalue weighted by molar-refractivity contribution is 7.12. The Bertz CT molecular complexity index is 980. The van der Waals surface area contributed by atoms with Gasteiger partial charge in [-0.25, -0.2) is 9.69 Å². The van der Waals surface area contributed by atoms with Gasteiger partial charge in [0.15, 0.2) is 0 Å². The molecule has 3 amide bonds. The number of amides is 3. The Kier molecular flexibility index (Phi) is 6.18. The van der Waals surface area contributed by atoms with E-state index in [9.17, 15) is 19.2 Å². The molecular weight excluding hydrogens is 416 g/mol. The predicted molar refractivity (Wildman–Crippen MR) is 116 cm³/mol. The lowest BCUT2D eigenvalue weighted by Crippen LogP contribution is -2.49. The van der Waals surface area contributed by atoms with Crippen LogP contribution in [0.2, 0.25) is 0 Å². The molecule has 2 aromatic rings. The number of carbonyl (C=O) groups is 4. The van der Waals surface area contributed by atoms with Crippen molar-refractivity contribution in [3.8, 4) is 0 Å². The number of benzene rings is 1. The first kappa shape index (κ1) is 21.2. The summed E-state index contributed by atoms with van der Waals surface area (Å²) >= 11 is 1.34. The van der Waals surface area contributed by atoms with Gasteiger partial charge < -0.3 is 9.64 Å². The van der Waals surface area contributed by atoms with Crippen LogP contribution in [-0.4, -0.2) is 47.3 Å². The molecule has 0 radical (unpaired) electrons. The second-order valence-electron chi connectivity index (χ2n) is 7.68. The first-order chi connectivity index (χ1) is 15.0. The van der Waals surface area contributed by atoms with Crippen LogP contribution in [0.25, 0.3) is 0 Å². The first-order valence-corrected chi connectivity index (χ1v) is 11.4. The molecule has 0 bridgehead atoms. The molecule has 7 nitrogen and oxygen atoms in total. The Hall–Kier alpha value is -3.00. The lowest BCUT2D eigenvalue weighted by molar-refractivity contribution is -0.123. The highest BCUT2D eigenvalue weighted by Gasteiger charge is 2.47. The highest BCUT2D eigenvalue weighted by Crippen LogP contribution is 2.33. The van der Waals surface area contributed by atoms with Gasteiger partial charge in [-0.1, -0.05) is 18.9 Å². The minimum atomic E-state index is -0.810. The van der Waals surface area contributed by atoms with E-state index in [0.29, 0.717) is 16.1 Å². The average Bonchev–Trinajstić information content (AvgIpc) is 3.52. The van der Waals surface area contributed by atoms with Crippen LogP contribution in [0.1, 0.15) is 59.1 Å². The molecular formula is C23H24N2O5S. The van der Waals surface area contributed by atoms with Gasteiger partial charge in [0.2, 0.25) is 5.91 Å². The lowest BCUT2D eigenvalue weighted by Gasteiger charge is -2.32. The minimum Gasteiger partial charge on any atom is -0.462 e. The predicted octanol–water partition coefficient (Wildman–Crippen LogP) is 3.64. The van der Waals surface area contributed by atoms with Crippen molar-refractivity contribution in [2.45, 2.75) is 51.1 Å². The smallest absolute Gasteiger partial charge is 0.338 e. The number of ether oxygens (including phenoxy) is 1. The molecule has 0 spiro atoms. The number of hydrogen-bond acceptors (Lipinski definition) is 6. The fourth-order valence-corrected chi connectivity index (χ4v) is 5.00. The van der Waals surface area contributed by atoms with Gasteiger partial charge in [-0.15, -0.1) is 11.3 Å². The summed E-state index contributed by atoms with van der Waals surface area (Å²) in [4.78, 5) is 54.6. The summed E-state index contributed by atoms with van der Waals surface area (Å²) < 4.78 is 4.97. The molecule has 1 unspecified atom stereocenters. The molecule has 1 saturated carbocycles. The Morgan fingerprint density at radius 3 is 2.45 bits per heavy atom. The van der Waals surface area contributed by atoms with E-state index in [1.54, 1.807) is 30.0 Å². The Morgan fingerprint density at radius 2 is 1.84 bits per heavy atom. The third kappa shape index (κ3) is 4.12. The van der Waals surface area contributed by atoms with E-state index in [4.69, 9.17) is 4.74 Å². The van der Waals surface area contributed by atoms with Crippen molar-refractivity contribution in [2.75, 3.05) is 11.5 Å². The van der Waals surface area contributed by atoms with E-state index in [-0.39, 0.29) is 30.9 Å². The molecule has 1 atom stereocenters. The molecule has 1 saturated heterocycles. The van der Waals surface area contributed by atoms with Gasteiger partial charge in [0.1, 0.15) is 6.04 Å². The van der Waals surface area contributed by atoms with E-state index in [1.165, 1.54) is 23.5 Å². The second kappa shape index (κ2) is 9.01. The van der Waals surface area contributed by atoms with Crippen LogP contribution in [0, 0.1) is 0 Å². The van der Waals surface area contributed by atoms with Gasteiger partial charge in [-0.2, -0.15) is 0 Å². The Balaban J connectivity index is 1.59. The fraction of sp³-hybridized carbons (Fsp3) is 0.391. The van der Waals surface area contributed by atoms with Gasteiger partial charge in [0.05, 0.1) is 29.2 Å². The normalized spacial score (nSPS) is 19.1. The van der Waals surface area contributed by atoms with Gasteiger partial charge >= 0.3 is 5.97 Å². The van der Waals surface area contributed by atoms with E-state index in [1.807, 2.05) is 11.4 Å². The zero-order valence-corrected chi connectivity index (χ0v) is 18.1. The third-order valence-corrected chi connectivity index (χ3v) is 6.64. The number of anilines is 1. The summed E-state index contributed by atoms with van der Waals surface area (Å²) in [6.45, 7) is 1.99. The van der Waals surface area contributed by atoms with Crippen LogP contribution in [0.3, 0.4) is 0 Å². The number of rotatable bonds is 6. The largest absolute Gasteiger partial charge is 0.462 e. The standard InChI is InChI=1S/C23H24N2O5S/c1-2-30-23(29)15-9-11-17(12-10-15)25-20(26)14-18(21(25)27)24(16-6-3-4-7-16)22(28)19-8-5-13-31-19/h5,8-13,16,18H,2-4,6-7,14H2,1H3. The maximum atomic E-state index is 13.3. The molecule has 0 N–H and O–H groups in total. The van der Waals surface area contributed by atoms with Crippen molar-refractivity contribution in [2.24, 2.45) is 0 Å². The van der Waals surface area contributed by atoms with Gasteiger partial charge in [0, 0.05) is 6.04 Å². The molecule has 1 aliphatic carbocycles. The molecule has 4 rings (SSSR count). The van der Waals surface area contributed by atoms with Gasteiger partial charge in [-0.05, 0) is 55.5 Å². The van der Waals surface area contributed by atoms with Crippen LogP contribution < -0.4 is 4.90 Å². The number of esters is 1. The van der Waals surface area contributed by atoms with Crippen LogP contribution >= 0.6 is 11.3 Å². The summed E-state index contributed by atoms with van der Waals surface area (Å²) in [6.07, 6.45) is 3.65. The highest BCUT2D eigenvalue weighted by atomic mass is 32.1. The molecule has 1 aromatic heterocycles. The van der Waals surface area contributed by atoms with Crippen molar-refractivity contribution >= 4 is 40.7 Å². The van der Waals surface area contributed by atoms with Crippen molar-refractivity contribution in [1.29, 1.82) is 0 Å². The molecule has 162 valence electrons. The molecule has 2 heterocycles. The van der Waals surface area contributed by atoms with Crippen molar-refractivity contribution in [1.82, 2.24) is 4.90 Å². The molecule has 8 heteroatoms. The quantitative estimate of drug-likeness (QED) is 0.506. The lowest BCUT2D eigenvalue weighted by atomic mass is 10.1. The van der Waals surface area contributed by atoms with Crippen molar-refractivity contribution in [3.63, 3.8) is 0 Å². The first-order valence-electron chi connectivity index (χ1n) is 10.5. The average molecular weight is 441 g/mol. The van der Waals surface area contributed by atoms with Gasteiger partial charge in [-0.3, -0.25) is 14.4 Å². The Morgan fingerprint density at radius 1 is 1.13 bits per heavy atom. The summed E-state index contributed by atoms with van der Waals surface area (Å²) in [5.41, 5.74) is 0.738. The summed E-state index contributed by atoms with van der Waals surface area (Å²) in [5, 5.41) is 1.83. The van der Waals surface area contributed by atoms with E-state index >= 15 is 0 Å². The number of imide groups is 1. The molecule has 1 aromatic carbocycles. The molecule has 31 heavy (non-hydrogen) atoms. The van der Waals surface area contributed by atoms with Crippen LogP contribution in [-0.2, 0) is 14.3 Å². The van der Waals surface area contributed by atoms with Crippen molar-refractivity contribution in [3.05, 3.63) is 52.2 Å². The third-order valence-electron chi connectivity index (χ3n) is 5.78. The summed E-state index contributed by atoms with van der Waals surface area (Å²) in [5.74, 6) is -1.39. The number of thiophene rings is 1. The monoisotopic (exact) mass is 440 g/mol. The van der Waals surface area contributed by atoms with E-state index in [2.05, 4.69) is 0 Å². The molecule has 1 aliphatic heterocycles. The van der Waals surface area contributed by atoms with E-state index in [0.717, 1.165) is 30.6 Å². The SMILES string of the molecule is CCOC(=O)c1ccc(N2C(=O)CC(N(C(=O)c3cccs3)C3CCCC3)C2=O)cc1. The van der Waals surface area contributed by atoms with E-state index < -0.39 is 17.9 Å². The molecule has 2 aliphatic rings. The maximum absolute atomic E-state index is 13.3. The topological polar surface area (TPSA) is 84.0 Å². The summed E-state index contributed by atoms with van der Waals surface area (Å²) in [7, 11) is 0. The zero-order valence-electron chi connectivity index (χ0n) is 17.3. The van der Waals surface area contributed by atoms with Crippen LogP contribution in [0.15, 0.2) is 41.8 Å². The number of carbonyl (C=O) groups excluding carboxylic acids is 4. The number of hydrogen-bond donors (Lipinski definition) is 0.